The second kappa shape index (κ2) is 6.99. The Bertz CT molecular complexity index is 834. The van der Waals surface area contributed by atoms with Gasteiger partial charge in [0.1, 0.15) is 5.82 Å². The van der Waals surface area contributed by atoms with Crippen LogP contribution in [-0.4, -0.2) is 25.9 Å². The molecule has 0 aliphatic heterocycles. The third kappa shape index (κ3) is 3.45. The van der Waals surface area contributed by atoms with Crippen LogP contribution in [0.4, 0.5) is 4.39 Å². The van der Waals surface area contributed by atoms with Crippen molar-refractivity contribution in [1.82, 2.24) is 25.3 Å². The zero-order chi connectivity index (χ0) is 16.9. The average Bonchev–Trinajstić information content (AvgIpc) is 3.10. The van der Waals surface area contributed by atoms with Crippen molar-refractivity contribution in [3.05, 3.63) is 77.6 Å². The predicted octanol–water partition coefficient (Wildman–Crippen LogP) is 2.35. The molecule has 1 amide bonds. The fourth-order valence-electron chi connectivity index (χ4n) is 2.30. The molecule has 122 valence electrons. The number of aromatic nitrogens is 4. The van der Waals surface area contributed by atoms with Gasteiger partial charge in [0.2, 0.25) is 0 Å². The van der Waals surface area contributed by atoms with Crippen molar-refractivity contribution in [3.63, 3.8) is 0 Å². The van der Waals surface area contributed by atoms with Crippen LogP contribution in [0.15, 0.2) is 55.0 Å². The molecule has 0 aliphatic carbocycles. The molecule has 1 atom stereocenters. The van der Waals surface area contributed by atoms with E-state index >= 15 is 0 Å². The summed E-state index contributed by atoms with van der Waals surface area (Å²) in [6.45, 7) is 2.17. The molecule has 0 saturated heterocycles. The predicted molar refractivity (Wildman–Crippen MR) is 85.6 cm³/mol. The fraction of sp³-hybridized carbons (Fsp3) is 0.176. The molecule has 7 heteroatoms. The molecule has 0 unspecified atom stereocenters. The standard InChI is InChI=1S/C17H16FN5O/c1-12(14-4-2-3-5-15(14)18)23-11-16(21-22-23)17(24)20-10-13-6-8-19-9-7-13/h2-9,11-12H,10H2,1H3,(H,20,24)/t12-/m0/s1. The number of amides is 1. The molecule has 0 radical (unpaired) electrons. The minimum absolute atomic E-state index is 0.187. The van der Waals surface area contributed by atoms with Gasteiger partial charge in [-0.2, -0.15) is 0 Å². The summed E-state index contributed by atoms with van der Waals surface area (Å²) in [5.74, 6) is -0.650. The molecule has 2 aromatic heterocycles. The van der Waals surface area contributed by atoms with Crippen LogP contribution in [0.1, 0.15) is 34.6 Å². The van der Waals surface area contributed by atoms with Crippen molar-refractivity contribution in [2.75, 3.05) is 0 Å². The number of carbonyl (C=O) groups is 1. The highest BCUT2D eigenvalue weighted by Gasteiger charge is 2.16. The zero-order valence-electron chi connectivity index (χ0n) is 13.1. The summed E-state index contributed by atoms with van der Waals surface area (Å²) in [5.41, 5.74) is 1.61. The maximum atomic E-state index is 13.9. The first-order chi connectivity index (χ1) is 11.6. The van der Waals surface area contributed by atoms with E-state index in [0.29, 0.717) is 12.1 Å². The van der Waals surface area contributed by atoms with E-state index in [-0.39, 0.29) is 23.5 Å². The number of carbonyl (C=O) groups excluding carboxylic acids is 1. The van der Waals surface area contributed by atoms with Crippen molar-refractivity contribution < 1.29 is 9.18 Å². The smallest absolute Gasteiger partial charge is 0.273 e. The van der Waals surface area contributed by atoms with E-state index in [9.17, 15) is 9.18 Å². The van der Waals surface area contributed by atoms with Crippen molar-refractivity contribution >= 4 is 5.91 Å². The summed E-state index contributed by atoms with van der Waals surface area (Å²) in [6.07, 6.45) is 4.83. The van der Waals surface area contributed by atoms with Crippen LogP contribution in [0.2, 0.25) is 0 Å². The van der Waals surface area contributed by atoms with Gasteiger partial charge in [0.25, 0.3) is 5.91 Å². The van der Waals surface area contributed by atoms with Crippen LogP contribution in [0.3, 0.4) is 0 Å². The summed E-state index contributed by atoms with van der Waals surface area (Å²) in [4.78, 5) is 16.1. The van der Waals surface area contributed by atoms with Crippen molar-refractivity contribution in [2.24, 2.45) is 0 Å². The Hall–Kier alpha value is -3.09. The van der Waals surface area contributed by atoms with Crippen LogP contribution in [-0.2, 0) is 6.54 Å². The number of nitrogens with zero attached hydrogens (tertiary/aromatic N) is 4. The zero-order valence-corrected chi connectivity index (χ0v) is 13.1. The van der Waals surface area contributed by atoms with Crippen LogP contribution >= 0.6 is 0 Å². The van der Waals surface area contributed by atoms with Gasteiger partial charge in [-0.25, -0.2) is 9.07 Å². The minimum atomic E-state index is -0.361. The third-order valence-corrected chi connectivity index (χ3v) is 3.70. The lowest BCUT2D eigenvalue weighted by atomic mass is 10.1. The monoisotopic (exact) mass is 325 g/mol. The van der Waals surface area contributed by atoms with E-state index in [1.807, 2.05) is 12.1 Å². The Labute approximate surface area is 138 Å². The maximum Gasteiger partial charge on any atom is 0.273 e. The number of hydrogen-bond acceptors (Lipinski definition) is 4. The lowest BCUT2D eigenvalue weighted by Gasteiger charge is -2.12. The lowest BCUT2D eigenvalue weighted by Crippen LogP contribution is -2.23. The van der Waals surface area contributed by atoms with E-state index < -0.39 is 0 Å². The van der Waals surface area contributed by atoms with Crippen LogP contribution in [0, 0.1) is 5.82 Å². The highest BCUT2D eigenvalue weighted by molar-refractivity contribution is 5.91. The van der Waals surface area contributed by atoms with Crippen molar-refractivity contribution in [1.29, 1.82) is 0 Å². The van der Waals surface area contributed by atoms with Gasteiger partial charge >= 0.3 is 0 Å². The van der Waals surface area contributed by atoms with Gasteiger partial charge < -0.3 is 5.32 Å². The largest absolute Gasteiger partial charge is 0.347 e. The van der Waals surface area contributed by atoms with Gasteiger partial charge in [-0.3, -0.25) is 9.78 Å². The highest BCUT2D eigenvalue weighted by Crippen LogP contribution is 2.19. The second-order valence-corrected chi connectivity index (χ2v) is 5.32. The number of benzene rings is 1. The van der Waals surface area contributed by atoms with Crippen molar-refractivity contribution in [3.8, 4) is 0 Å². The van der Waals surface area contributed by atoms with Gasteiger partial charge in [0.15, 0.2) is 5.69 Å². The second-order valence-electron chi connectivity index (χ2n) is 5.32. The number of halogens is 1. The van der Waals surface area contributed by atoms with Crippen LogP contribution in [0.25, 0.3) is 0 Å². The summed E-state index contributed by atoms with van der Waals surface area (Å²) in [6, 6.07) is 9.74. The Morgan fingerprint density at radius 3 is 2.75 bits per heavy atom. The molecule has 0 aliphatic rings. The van der Waals surface area contributed by atoms with Gasteiger partial charge in [-0.1, -0.05) is 23.4 Å². The van der Waals surface area contributed by atoms with Crippen LogP contribution < -0.4 is 5.32 Å². The first kappa shape index (κ1) is 15.8. The number of rotatable bonds is 5. The normalized spacial score (nSPS) is 11.9. The van der Waals surface area contributed by atoms with E-state index in [2.05, 4.69) is 20.6 Å². The quantitative estimate of drug-likeness (QED) is 0.781. The fourth-order valence-corrected chi connectivity index (χ4v) is 2.30. The first-order valence-corrected chi connectivity index (χ1v) is 7.48. The molecule has 3 rings (SSSR count). The van der Waals surface area contributed by atoms with Gasteiger partial charge in [-0.15, -0.1) is 5.10 Å². The molecular formula is C17H16FN5O. The van der Waals surface area contributed by atoms with E-state index in [1.54, 1.807) is 37.5 Å². The molecule has 0 saturated carbocycles. The number of pyridine rings is 1. The molecular weight excluding hydrogens is 309 g/mol. The van der Waals surface area contributed by atoms with E-state index in [1.165, 1.54) is 16.9 Å². The Kier molecular flexibility index (Phi) is 4.60. The lowest BCUT2D eigenvalue weighted by molar-refractivity contribution is 0.0946. The molecule has 6 nitrogen and oxygen atoms in total. The molecule has 0 fully saturated rings. The molecule has 24 heavy (non-hydrogen) atoms. The van der Waals surface area contributed by atoms with Crippen molar-refractivity contribution in [2.45, 2.75) is 19.5 Å². The molecule has 0 spiro atoms. The summed E-state index contributed by atoms with van der Waals surface area (Å²) >= 11 is 0. The first-order valence-electron chi connectivity index (χ1n) is 7.48. The molecule has 1 aromatic carbocycles. The molecule has 0 bridgehead atoms. The minimum Gasteiger partial charge on any atom is -0.347 e. The number of nitrogens with one attached hydrogen (secondary N) is 1. The van der Waals surface area contributed by atoms with E-state index in [0.717, 1.165) is 5.56 Å². The topological polar surface area (TPSA) is 72.7 Å². The summed E-state index contributed by atoms with van der Waals surface area (Å²) in [7, 11) is 0. The Balaban J connectivity index is 1.69. The Morgan fingerprint density at radius 1 is 1.25 bits per heavy atom. The summed E-state index contributed by atoms with van der Waals surface area (Å²) < 4.78 is 15.3. The summed E-state index contributed by atoms with van der Waals surface area (Å²) in [5, 5.41) is 10.6. The van der Waals surface area contributed by atoms with Gasteiger partial charge in [0, 0.05) is 24.5 Å². The molecule has 2 heterocycles. The molecule has 3 aromatic rings. The van der Waals surface area contributed by atoms with Gasteiger partial charge in [-0.05, 0) is 30.7 Å². The third-order valence-electron chi connectivity index (χ3n) is 3.70. The average molecular weight is 325 g/mol. The molecule has 1 N–H and O–H groups in total. The highest BCUT2D eigenvalue weighted by atomic mass is 19.1. The van der Waals surface area contributed by atoms with Gasteiger partial charge in [0.05, 0.1) is 12.2 Å². The maximum absolute atomic E-state index is 13.9. The van der Waals surface area contributed by atoms with E-state index in [4.69, 9.17) is 0 Å². The SMILES string of the molecule is C[C@@H](c1ccccc1F)n1cc(C(=O)NCc2ccncc2)nn1. The number of hydrogen-bond donors (Lipinski definition) is 1. The Morgan fingerprint density at radius 2 is 2.00 bits per heavy atom. The van der Waals surface area contributed by atoms with Crippen LogP contribution in [0.5, 0.6) is 0 Å².